The van der Waals surface area contributed by atoms with Crippen LogP contribution in [0.3, 0.4) is 0 Å². The summed E-state index contributed by atoms with van der Waals surface area (Å²) in [7, 11) is 0. The molecule has 1 aromatic carbocycles. The summed E-state index contributed by atoms with van der Waals surface area (Å²) in [6.07, 6.45) is 3.63. The molecule has 1 saturated carbocycles. The monoisotopic (exact) mass is 390 g/mol. The van der Waals surface area contributed by atoms with Crippen molar-refractivity contribution in [2.75, 3.05) is 30.3 Å². The van der Waals surface area contributed by atoms with Gasteiger partial charge in [-0.1, -0.05) is 35.3 Å². The molecule has 7 heteroatoms. The number of aromatic nitrogens is 1. The van der Waals surface area contributed by atoms with Crippen molar-refractivity contribution >= 4 is 40.6 Å². The average Bonchev–Trinajstić information content (AvgIpc) is 3.47. The first-order valence-electron chi connectivity index (χ1n) is 8.75. The summed E-state index contributed by atoms with van der Waals surface area (Å²) in [5, 5.41) is 1.20. The first-order valence-corrected chi connectivity index (χ1v) is 9.50. The standard InChI is InChI=1S/C19H20Cl2N4O/c20-14-5-3-12(4-6-14)17-11-24(19(26)13-1-2-13)7-8-25(17)18-16(22)9-15(21)10-23-18/h3-6,9-10,13,17H,1-2,7-8,11,22H2. The van der Waals surface area contributed by atoms with Crippen molar-refractivity contribution < 1.29 is 4.79 Å². The Bertz CT molecular complexity index is 823. The minimum Gasteiger partial charge on any atom is -0.396 e. The number of carbonyl (C=O) groups is 1. The van der Waals surface area contributed by atoms with E-state index in [0.29, 0.717) is 41.2 Å². The van der Waals surface area contributed by atoms with E-state index < -0.39 is 0 Å². The van der Waals surface area contributed by atoms with Crippen LogP contribution in [0.25, 0.3) is 0 Å². The molecule has 1 aromatic heterocycles. The van der Waals surface area contributed by atoms with Gasteiger partial charge in [-0.2, -0.15) is 0 Å². The zero-order valence-electron chi connectivity index (χ0n) is 14.2. The normalized spacial score (nSPS) is 20.3. The number of nitrogens with two attached hydrogens (primary N) is 1. The van der Waals surface area contributed by atoms with Crippen LogP contribution >= 0.6 is 23.2 Å². The Kier molecular flexibility index (Phi) is 4.67. The largest absolute Gasteiger partial charge is 0.396 e. The summed E-state index contributed by atoms with van der Waals surface area (Å²) in [5.74, 6) is 1.18. The molecular weight excluding hydrogens is 371 g/mol. The fourth-order valence-corrected chi connectivity index (χ4v) is 3.78. The van der Waals surface area contributed by atoms with Crippen LogP contribution < -0.4 is 10.6 Å². The van der Waals surface area contributed by atoms with E-state index >= 15 is 0 Å². The molecule has 1 unspecified atom stereocenters. The summed E-state index contributed by atoms with van der Waals surface area (Å²) >= 11 is 12.1. The second-order valence-electron chi connectivity index (χ2n) is 6.89. The van der Waals surface area contributed by atoms with Crippen molar-refractivity contribution in [3.63, 3.8) is 0 Å². The lowest BCUT2D eigenvalue weighted by Gasteiger charge is -2.43. The molecule has 4 rings (SSSR count). The van der Waals surface area contributed by atoms with E-state index in [2.05, 4.69) is 9.88 Å². The first-order chi connectivity index (χ1) is 12.5. The van der Waals surface area contributed by atoms with E-state index in [1.165, 1.54) is 0 Å². The average molecular weight is 391 g/mol. The molecular formula is C19H20Cl2N4O. The lowest BCUT2D eigenvalue weighted by atomic mass is 10.0. The summed E-state index contributed by atoms with van der Waals surface area (Å²) < 4.78 is 0. The van der Waals surface area contributed by atoms with Crippen molar-refractivity contribution in [2.24, 2.45) is 5.92 Å². The number of hydrogen-bond donors (Lipinski definition) is 1. The highest BCUT2D eigenvalue weighted by atomic mass is 35.5. The molecule has 1 aliphatic heterocycles. The number of hydrogen-bond acceptors (Lipinski definition) is 4. The van der Waals surface area contributed by atoms with E-state index in [4.69, 9.17) is 28.9 Å². The molecule has 26 heavy (non-hydrogen) atoms. The van der Waals surface area contributed by atoms with E-state index in [0.717, 1.165) is 18.4 Å². The lowest BCUT2D eigenvalue weighted by molar-refractivity contribution is -0.133. The number of pyridine rings is 1. The number of carbonyl (C=O) groups excluding carboxylic acids is 1. The third-order valence-corrected chi connectivity index (χ3v) is 5.47. The Labute approximate surface area is 162 Å². The topological polar surface area (TPSA) is 62.5 Å². The number of anilines is 2. The molecule has 1 saturated heterocycles. The summed E-state index contributed by atoms with van der Waals surface area (Å²) in [6, 6.07) is 9.42. The van der Waals surface area contributed by atoms with Crippen LogP contribution in [0.2, 0.25) is 10.0 Å². The van der Waals surface area contributed by atoms with Gasteiger partial charge in [-0.25, -0.2) is 4.98 Å². The van der Waals surface area contributed by atoms with Gasteiger partial charge in [0.2, 0.25) is 5.91 Å². The van der Waals surface area contributed by atoms with Gasteiger partial charge in [0.1, 0.15) is 0 Å². The Hall–Kier alpha value is -1.98. The molecule has 0 radical (unpaired) electrons. The van der Waals surface area contributed by atoms with Gasteiger partial charge in [-0.05, 0) is 36.6 Å². The van der Waals surface area contributed by atoms with Gasteiger partial charge in [0, 0.05) is 36.8 Å². The van der Waals surface area contributed by atoms with Crippen molar-refractivity contribution in [1.82, 2.24) is 9.88 Å². The number of halogens is 2. The van der Waals surface area contributed by atoms with Crippen LogP contribution in [-0.4, -0.2) is 35.4 Å². The van der Waals surface area contributed by atoms with Gasteiger partial charge >= 0.3 is 0 Å². The fraction of sp³-hybridized carbons (Fsp3) is 0.368. The molecule has 2 fully saturated rings. The van der Waals surface area contributed by atoms with Crippen molar-refractivity contribution in [2.45, 2.75) is 18.9 Å². The molecule has 136 valence electrons. The van der Waals surface area contributed by atoms with E-state index in [-0.39, 0.29) is 17.9 Å². The van der Waals surface area contributed by atoms with Gasteiger partial charge in [-0.15, -0.1) is 0 Å². The first kappa shape index (κ1) is 17.4. The SMILES string of the molecule is Nc1cc(Cl)cnc1N1CCN(C(=O)C2CC2)CC1c1ccc(Cl)cc1. The molecule has 2 heterocycles. The zero-order valence-corrected chi connectivity index (χ0v) is 15.7. The minimum atomic E-state index is -0.0281. The lowest BCUT2D eigenvalue weighted by Crippen LogP contribution is -2.51. The molecule has 1 aliphatic carbocycles. The third kappa shape index (κ3) is 3.46. The van der Waals surface area contributed by atoms with Crippen LogP contribution in [0.1, 0.15) is 24.4 Å². The minimum absolute atomic E-state index is 0.0281. The summed E-state index contributed by atoms with van der Waals surface area (Å²) in [6.45, 7) is 1.95. The highest BCUT2D eigenvalue weighted by Crippen LogP contribution is 2.37. The van der Waals surface area contributed by atoms with Gasteiger partial charge in [0.05, 0.1) is 16.8 Å². The van der Waals surface area contributed by atoms with Crippen LogP contribution in [0.15, 0.2) is 36.5 Å². The number of amides is 1. The van der Waals surface area contributed by atoms with Crippen molar-refractivity contribution in [3.8, 4) is 0 Å². The quantitative estimate of drug-likeness (QED) is 0.865. The Balaban J connectivity index is 1.67. The molecule has 0 bridgehead atoms. The Morgan fingerprint density at radius 1 is 1.12 bits per heavy atom. The Morgan fingerprint density at radius 2 is 1.85 bits per heavy atom. The van der Waals surface area contributed by atoms with Gasteiger partial charge in [0.25, 0.3) is 0 Å². The van der Waals surface area contributed by atoms with Gasteiger partial charge in [0.15, 0.2) is 5.82 Å². The maximum Gasteiger partial charge on any atom is 0.225 e. The number of nitrogens with zero attached hydrogens (tertiary/aromatic N) is 3. The maximum atomic E-state index is 12.6. The molecule has 5 nitrogen and oxygen atoms in total. The highest BCUT2D eigenvalue weighted by molar-refractivity contribution is 6.31. The smallest absolute Gasteiger partial charge is 0.225 e. The summed E-state index contributed by atoms with van der Waals surface area (Å²) in [5.41, 5.74) is 7.80. The van der Waals surface area contributed by atoms with Crippen LogP contribution in [-0.2, 0) is 4.79 Å². The van der Waals surface area contributed by atoms with Crippen LogP contribution in [0.5, 0.6) is 0 Å². The predicted molar refractivity (Wildman–Crippen MR) is 105 cm³/mol. The zero-order chi connectivity index (χ0) is 18.3. The fourth-order valence-electron chi connectivity index (χ4n) is 3.48. The molecule has 2 aromatic rings. The molecule has 0 spiro atoms. The molecule has 2 aliphatic rings. The number of piperazine rings is 1. The Morgan fingerprint density at radius 3 is 2.50 bits per heavy atom. The molecule has 1 atom stereocenters. The van der Waals surface area contributed by atoms with Crippen molar-refractivity contribution in [3.05, 3.63) is 52.1 Å². The number of benzene rings is 1. The number of nitrogen functional groups attached to an aromatic ring is 1. The maximum absolute atomic E-state index is 12.6. The van der Waals surface area contributed by atoms with Crippen LogP contribution in [0, 0.1) is 5.92 Å². The second-order valence-corrected chi connectivity index (χ2v) is 7.76. The van der Waals surface area contributed by atoms with E-state index in [1.807, 2.05) is 29.2 Å². The highest BCUT2D eigenvalue weighted by Gasteiger charge is 2.38. The van der Waals surface area contributed by atoms with Crippen molar-refractivity contribution in [1.29, 1.82) is 0 Å². The molecule has 2 N–H and O–H groups in total. The summed E-state index contributed by atoms with van der Waals surface area (Å²) in [4.78, 5) is 21.2. The van der Waals surface area contributed by atoms with Gasteiger partial charge < -0.3 is 15.5 Å². The van der Waals surface area contributed by atoms with Gasteiger partial charge in [-0.3, -0.25) is 4.79 Å². The van der Waals surface area contributed by atoms with Crippen LogP contribution in [0.4, 0.5) is 11.5 Å². The number of rotatable bonds is 3. The van der Waals surface area contributed by atoms with E-state index in [9.17, 15) is 4.79 Å². The predicted octanol–water partition coefficient (Wildman–Crippen LogP) is 3.77. The second kappa shape index (κ2) is 6.97. The van der Waals surface area contributed by atoms with E-state index in [1.54, 1.807) is 12.3 Å². The third-order valence-electron chi connectivity index (χ3n) is 5.01. The molecule has 1 amide bonds.